The van der Waals surface area contributed by atoms with Gasteiger partial charge in [0.05, 0.1) is 6.54 Å². The van der Waals surface area contributed by atoms with E-state index in [0.717, 1.165) is 19.0 Å². The first-order valence-corrected chi connectivity index (χ1v) is 7.38. The second-order valence-electron chi connectivity index (χ2n) is 6.03. The van der Waals surface area contributed by atoms with Gasteiger partial charge in [0.2, 0.25) is 0 Å². The fourth-order valence-corrected chi connectivity index (χ4v) is 2.72. The van der Waals surface area contributed by atoms with Crippen LogP contribution in [0.4, 0.5) is 0 Å². The van der Waals surface area contributed by atoms with Crippen molar-refractivity contribution < 1.29 is 0 Å². The zero-order chi connectivity index (χ0) is 13.1. The van der Waals surface area contributed by atoms with Crippen molar-refractivity contribution >= 4 is 5.96 Å². The van der Waals surface area contributed by atoms with Gasteiger partial charge in [0.1, 0.15) is 0 Å². The molecule has 0 unspecified atom stereocenters. The van der Waals surface area contributed by atoms with Gasteiger partial charge in [-0.3, -0.25) is 4.99 Å². The first-order valence-electron chi connectivity index (χ1n) is 7.38. The van der Waals surface area contributed by atoms with Gasteiger partial charge in [-0.1, -0.05) is 36.8 Å². The molecule has 3 rings (SSSR count). The van der Waals surface area contributed by atoms with E-state index in [4.69, 9.17) is 5.73 Å². The van der Waals surface area contributed by atoms with Gasteiger partial charge in [-0.2, -0.15) is 0 Å². The molecule has 1 aromatic carbocycles. The highest BCUT2D eigenvalue weighted by atomic mass is 15.1. The molecule has 2 saturated carbocycles. The molecular formula is C16H23N3. The fraction of sp³-hybridized carbons (Fsp3) is 0.562. The molecule has 2 aliphatic carbocycles. The molecule has 1 aromatic rings. The minimum absolute atomic E-state index is 0.268. The molecule has 3 heteroatoms. The van der Waals surface area contributed by atoms with Gasteiger partial charge in [-0.25, -0.2) is 0 Å². The van der Waals surface area contributed by atoms with Crippen molar-refractivity contribution in [3.63, 3.8) is 0 Å². The van der Waals surface area contributed by atoms with E-state index in [-0.39, 0.29) is 5.41 Å². The summed E-state index contributed by atoms with van der Waals surface area (Å²) in [5, 5.41) is 3.26. The highest BCUT2D eigenvalue weighted by Crippen LogP contribution is 2.48. The second kappa shape index (κ2) is 5.24. The van der Waals surface area contributed by atoms with Crippen LogP contribution in [-0.4, -0.2) is 19.0 Å². The summed E-state index contributed by atoms with van der Waals surface area (Å²) in [6, 6.07) is 10.7. The van der Waals surface area contributed by atoms with Crippen molar-refractivity contribution in [3.05, 3.63) is 35.9 Å². The molecule has 0 saturated heterocycles. The largest absolute Gasteiger partial charge is 0.370 e. The Balaban J connectivity index is 1.53. The number of guanidine groups is 1. The monoisotopic (exact) mass is 257 g/mol. The fourth-order valence-electron chi connectivity index (χ4n) is 2.72. The average Bonchev–Trinajstić information content (AvgIpc) is 3.17. The van der Waals surface area contributed by atoms with Crippen molar-refractivity contribution in [2.24, 2.45) is 16.6 Å². The van der Waals surface area contributed by atoms with Gasteiger partial charge >= 0.3 is 0 Å². The average molecular weight is 257 g/mol. The van der Waals surface area contributed by atoms with Gasteiger partial charge in [0, 0.05) is 12.0 Å². The van der Waals surface area contributed by atoms with E-state index in [9.17, 15) is 0 Å². The molecule has 0 radical (unpaired) electrons. The molecule has 2 aliphatic rings. The standard InChI is InChI=1S/C16H23N3/c17-15(18-11-13-5-4-6-13)19-12-16(9-10-16)14-7-2-1-3-8-14/h1-3,7-8,13H,4-6,9-12H2,(H3,17,18,19). The molecule has 19 heavy (non-hydrogen) atoms. The lowest BCUT2D eigenvalue weighted by molar-refractivity contribution is 0.315. The summed E-state index contributed by atoms with van der Waals surface area (Å²) in [4.78, 5) is 4.55. The predicted molar refractivity (Wildman–Crippen MR) is 79.2 cm³/mol. The van der Waals surface area contributed by atoms with Crippen LogP contribution < -0.4 is 11.1 Å². The van der Waals surface area contributed by atoms with Gasteiger partial charge < -0.3 is 11.1 Å². The number of benzene rings is 1. The van der Waals surface area contributed by atoms with Crippen LogP contribution in [0.2, 0.25) is 0 Å². The van der Waals surface area contributed by atoms with Crippen LogP contribution in [0.15, 0.2) is 35.3 Å². The first-order chi connectivity index (χ1) is 9.28. The third kappa shape index (κ3) is 2.91. The summed E-state index contributed by atoms with van der Waals surface area (Å²) < 4.78 is 0. The second-order valence-corrected chi connectivity index (χ2v) is 6.03. The predicted octanol–water partition coefficient (Wildman–Crippen LogP) is 2.42. The third-order valence-electron chi connectivity index (χ3n) is 4.59. The molecule has 0 heterocycles. The van der Waals surface area contributed by atoms with Crippen LogP contribution in [0.3, 0.4) is 0 Å². The maximum atomic E-state index is 5.95. The number of aliphatic imine (C=N–C) groups is 1. The van der Waals surface area contributed by atoms with Crippen molar-refractivity contribution in [1.29, 1.82) is 0 Å². The van der Waals surface area contributed by atoms with E-state index in [1.165, 1.54) is 37.7 Å². The Morgan fingerprint density at radius 3 is 2.58 bits per heavy atom. The molecule has 0 aromatic heterocycles. The minimum Gasteiger partial charge on any atom is -0.370 e. The molecule has 0 amide bonds. The van der Waals surface area contributed by atoms with E-state index in [0.29, 0.717) is 5.96 Å². The molecule has 3 nitrogen and oxygen atoms in total. The Hall–Kier alpha value is -1.51. The zero-order valence-corrected chi connectivity index (χ0v) is 11.4. The van der Waals surface area contributed by atoms with Crippen molar-refractivity contribution in [1.82, 2.24) is 5.32 Å². The number of nitrogens with two attached hydrogens (primary N) is 1. The Labute approximate surface area is 115 Å². The van der Waals surface area contributed by atoms with Crippen LogP contribution in [0.25, 0.3) is 0 Å². The molecule has 3 N–H and O–H groups in total. The van der Waals surface area contributed by atoms with Crippen LogP contribution >= 0.6 is 0 Å². The Morgan fingerprint density at radius 1 is 1.26 bits per heavy atom. The Kier molecular flexibility index (Phi) is 3.45. The number of nitrogens with one attached hydrogen (secondary N) is 1. The molecule has 0 spiro atoms. The molecule has 0 atom stereocenters. The van der Waals surface area contributed by atoms with Crippen LogP contribution in [0.1, 0.15) is 37.7 Å². The summed E-state index contributed by atoms with van der Waals surface area (Å²) in [6.45, 7) is 1.81. The summed E-state index contributed by atoms with van der Waals surface area (Å²) in [5.74, 6) is 1.44. The van der Waals surface area contributed by atoms with Crippen molar-refractivity contribution in [2.75, 3.05) is 13.1 Å². The maximum Gasteiger partial charge on any atom is 0.188 e. The summed E-state index contributed by atoms with van der Waals surface area (Å²) >= 11 is 0. The van der Waals surface area contributed by atoms with Gasteiger partial charge in [0.25, 0.3) is 0 Å². The van der Waals surface area contributed by atoms with Gasteiger partial charge in [0.15, 0.2) is 5.96 Å². The summed E-state index contributed by atoms with van der Waals surface area (Å²) in [5.41, 5.74) is 7.63. The van der Waals surface area contributed by atoms with Crippen LogP contribution in [0, 0.1) is 5.92 Å². The molecule has 2 fully saturated rings. The van der Waals surface area contributed by atoms with Crippen molar-refractivity contribution in [2.45, 2.75) is 37.5 Å². The maximum absolute atomic E-state index is 5.95. The lowest BCUT2D eigenvalue weighted by atomic mass is 9.85. The third-order valence-corrected chi connectivity index (χ3v) is 4.59. The Morgan fingerprint density at radius 2 is 2.00 bits per heavy atom. The summed E-state index contributed by atoms with van der Waals surface area (Å²) in [6.07, 6.45) is 6.52. The van der Waals surface area contributed by atoms with E-state index in [1.54, 1.807) is 0 Å². The van der Waals surface area contributed by atoms with E-state index >= 15 is 0 Å². The lowest BCUT2D eigenvalue weighted by Gasteiger charge is -2.25. The minimum atomic E-state index is 0.268. The number of rotatable bonds is 5. The quantitative estimate of drug-likeness (QED) is 0.628. The van der Waals surface area contributed by atoms with E-state index < -0.39 is 0 Å². The highest BCUT2D eigenvalue weighted by molar-refractivity contribution is 5.77. The lowest BCUT2D eigenvalue weighted by Crippen LogP contribution is -2.37. The van der Waals surface area contributed by atoms with Crippen molar-refractivity contribution in [3.8, 4) is 0 Å². The number of hydrogen-bond donors (Lipinski definition) is 2. The SMILES string of the molecule is NC(=NCC1(c2ccccc2)CC1)NCC1CCC1. The highest BCUT2D eigenvalue weighted by Gasteiger charge is 2.43. The topological polar surface area (TPSA) is 50.4 Å². The summed E-state index contributed by atoms with van der Waals surface area (Å²) in [7, 11) is 0. The first kappa shape index (κ1) is 12.5. The molecule has 102 valence electrons. The zero-order valence-electron chi connectivity index (χ0n) is 11.4. The molecular weight excluding hydrogens is 234 g/mol. The number of nitrogens with zero attached hydrogens (tertiary/aromatic N) is 1. The van der Waals surface area contributed by atoms with Gasteiger partial charge in [-0.05, 0) is 37.2 Å². The smallest absolute Gasteiger partial charge is 0.188 e. The Bertz CT molecular complexity index is 444. The normalized spacial score (nSPS) is 21.8. The molecule has 0 bridgehead atoms. The number of hydrogen-bond acceptors (Lipinski definition) is 1. The van der Waals surface area contributed by atoms with Gasteiger partial charge in [-0.15, -0.1) is 0 Å². The van der Waals surface area contributed by atoms with E-state index in [1.807, 2.05) is 0 Å². The van der Waals surface area contributed by atoms with E-state index in [2.05, 4.69) is 40.6 Å². The van der Waals surface area contributed by atoms with Crippen LogP contribution in [0.5, 0.6) is 0 Å². The van der Waals surface area contributed by atoms with Crippen LogP contribution in [-0.2, 0) is 5.41 Å². The molecule has 0 aliphatic heterocycles.